The van der Waals surface area contributed by atoms with E-state index >= 15 is 0 Å². The molecule has 0 aromatic rings. The summed E-state index contributed by atoms with van der Waals surface area (Å²) in [6.45, 7) is 0.691. The van der Waals surface area contributed by atoms with E-state index in [0.717, 1.165) is 25.7 Å². The SMILES string of the molecule is CNC(=O)C1CCCN1C(=O)NC1CCCC1. The number of nitrogens with zero attached hydrogens (tertiary/aromatic N) is 1. The molecule has 1 heterocycles. The van der Waals surface area contributed by atoms with Crippen LogP contribution in [-0.2, 0) is 4.79 Å². The van der Waals surface area contributed by atoms with Gasteiger partial charge in [0.1, 0.15) is 6.04 Å². The summed E-state index contributed by atoms with van der Waals surface area (Å²) in [7, 11) is 1.62. The first-order chi connectivity index (χ1) is 8.22. The van der Waals surface area contributed by atoms with Crippen molar-refractivity contribution in [2.75, 3.05) is 13.6 Å². The molecule has 1 atom stereocenters. The molecule has 1 aliphatic carbocycles. The van der Waals surface area contributed by atoms with Crippen LogP contribution in [0.3, 0.4) is 0 Å². The third-order valence-corrected chi connectivity index (χ3v) is 3.75. The molecule has 1 saturated carbocycles. The molecule has 0 bridgehead atoms. The lowest BCUT2D eigenvalue weighted by Gasteiger charge is -2.25. The summed E-state index contributed by atoms with van der Waals surface area (Å²) in [5, 5.41) is 5.66. The fourth-order valence-corrected chi connectivity index (χ4v) is 2.78. The lowest BCUT2D eigenvalue weighted by atomic mass is 10.2. The first kappa shape index (κ1) is 12.2. The van der Waals surface area contributed by atoms with Crippen molar-refractivity contribution in [3.8, 4) is 0 Å². The number of likely N-dealkylation sites (tertiary alicyclic amines) is 1. The van der Waals surface area contributed by atoms with E-state index < -0.39 is 0 Å². The Labute approximate surface area is 102 Å². The molecule has 0 spiro atoms. The van der Waals surface area contributed by atoms with E-state index in [1.807, 2.05) is 0 Å². The summed E-state index contributed by atoms with van der Waals surface area (Å²) in [5.41, 5.74) is 0. The molecule has 2 fully saturated rings. The van der Waals surface area contributed by atoms with Crippen LogP contribution in [0, 0.1) is 0 Å². The fourth-order valence-electron chi connectivity index (χ4n) is 2.78. The highest BCUT2D eigenvalue weighted by atomic mass is 16.2. The predicted molar refractivity (Wildman–Crippen MR) is 64.6 cm³/mol. The third kappa shape index (κ3) is 2.70. The lowest BCUT2D eigenvalue weighted by Crippen LogP contribution is -2.50. The van der Waals surface area contributed by atoms with Crippen molar-refractivity contribution in [1.82, 2.24) is 15.5 Å². The van der Waals surface area contributed by atoms with Crippen LogP contribution in [0.15, 0.2) is 0 Å². The Morgan fingerprint density at radius 3 is 2.47 bits per heavy atom. The molecule has 2 aliphatic rings. The Morgan fingerprint density at radius 2 is 1.82 bits per heavy atom. The molecule has 0 aromatic carbocycles. The van der Waals surface area contributed by atoms with Crippen LogP contribution >= 0.6 is 0 Å². The highest BCUT2D eigenvalue weighted by Gasteiger charge is 2.34. The van der Waals surface area contributed by atoms with Gasteiger partial charge in [-0.2, -0.15) is 0 Å². The van der Waals surface area contributed by atoms with Crippen LogP contribution in [0.25, 0.3) is 0 Å². The highest BCUT2D eigenvalue weighted by Crippen LogP contribution is 2.21. The molecule has 5 nitrogen and oxygen atoms in total. The molecule has 1 aliphatic heterocycles. The van der Waals surface area contributed by atoms with Gasteiger partial charge in [-0.05, 0) is 25.7 Å². The molecular weight excluding hydrogens is 218 g/mol. The zero-order valence-corrected chi connectivity index (χ0v) is 10.4. The van der Waals surface area contributed by atoms with Gasteiger partial charge in [-0.15, -0.1) is 0 Å². The van der Waals surface area contributed by atoms with Gasteiger partial charge in [-0.1, -0.05) is 12.8 Å². The van der Waals surface area contributed by atoms with Gasteiger partial charge in [0.25, 0.3) is 0 Å². The molecule has 17 heavy (non-hydrogen) atoms. The van der Waals surface area contributed by atoms with Gasteiger partial charge in [0.15, 0.2) is 0 Å². The summed E-state index contributed by atoms with van der Waals surface area (Å²) < 4.78 is 0. The van der Waals surface area contributed by atoms with Crippen LogP contribution in [0.4, 0.5) is 4.79 Å². The fraction of sp³-hybridized carbons (Fsp3) is 0.833. The maximum Gasteiger partial charge on any atom is 0.318 e. The van der Waals surface area contributed by atoms with Crippen molar-refractivity contribution in [3.63, 3.8) is 0 Å². The molecule has 3 amide bonds. The van der Waals surface area contributed by atoms with Crippen LogP contribution in [0.5, 0.6) is 0 Å². The number of nitrogens with one attached hydrogen (secondary N) is 2. The number of hydrogen-bond acceptors (Lipinski definition) is 2. The minimum atomic E-state index is -0.276. The van der Waals surface area contributed by atoms with Gasteiger partial charge >= 0.3 is 6.03 Å². The summed E-state index contributed by atoms with van der Waals surface area (Å²) in [4.78, 5) is 25.4. The first-order valence-electron chi connectivity index (χ1n) is 6.51. The molecular formula is C12H21N3O2. The van der Waals surface area contributed by atoms with Crippen molar-refractivity contribution in [3.05, 3.63) is 0 Å². The molecule has 1 unspecified atom stereocenters. The normalized spacial score (nSPS) is 25.0. The van der Waals surface area contributed by atoms with Gasteiger partial charge in [0, 0.05) is 19.6 Å². The van der Waals surface area contributed by atoms with Crippen molar-refractivity contribution in [1.29, 1.82) is 0 Å². The first-order valence-corrected chi connectivity index (χ1v) is 6.51. The third-order valence-electron chi connectivity index (χ3n) is 3.75. The Balaban J connectivity index is 1.90. The van der Waals surface area contributed by atoms with E-state index in [1.54, 1.807) is 11.9 Å². The number of likely N-dealkylation sites (N-methyl/N-ethyl adjacent to an activating group) is 1. The van der Waals surface area contributed by atoms with Crippen LogP contribution in [0.2, 0.25) is 0 Å². The molecule has 2 rings (SSSR count). The van der Waals surface area contributed by atoms with Crippen LogP contribution < -0.4 is 10.6 Å². The second kappa shape index (κ2) is 5.38. The zero-order valence-electron chi connectivity index (χ0n) is 10.4. The van der Waals surface area contributed by atoms with Crippen molar-refractivity contribution >= 4 is 11.9 Å². The molecule has 2 N–H and O–H groups in total. The number of rotatable bonds is 2. The summed E-state index contributed by atoms with van der Waals surface area (Å²) >= 11 is 0. The van der Waals surface area contributed by atoms with E-state index in [1.165, 1.54) is 12.8 Å². The van der Waals surface area contributed by atoms with E-state index in [2.05, 4.69) is 10.6 Å². The number of urea groups is 1. The minimum Gasteiger partial charge on any atom is -0.357 e. The molecule has 96 valence electrons. The van der Waals surface area contributed by atoms with Gasteiger partial charge in [-0.3, -0.25) is 4.79 Å². The van der Waals surface area contributed by atoms with E-state index in [9.17, 15) is 9.59 Å². The van der Waals surface area contributed by atoms with Gasteiger partial charge in [0.05, 0.1) is 0 Å². The van der Waals surface area contributed by atoms with Gasteiger partial charge < -0.3 is 15.5 Å². The summed E-state index contributed by atoms with van der Waals surface area (Å²) in [5.74, 6) is -0.0518. The van der Waals surface area contributed by atoms with Crippen LogP contribution in [0.1, 0.15) is 38.5 Å². The van der Waals surface area contributed by atoms with Crippen LogP contribution in [-0.4, -0.2) is 42.5 Å². The highest BCUT2D eigenvalue weighted by molar-refractivity contribution is 5.87. The largest absolute Gasteiger partial charge is 0.357 e. The minimum absolute atomic E-state index is 0.0518. The smallest absolute Gasteiger partial charge is 0.318 e. The number of carbonyl (C=O) groups is 2. The lowest BCUT2D eigenvalue weighted by molar-refractivity contribution is -0.124. The average molecular weight is 239 g/mol. The maximum absolute atomic E-state index is 12.1. The monoisotopic (exact) mass is 239 g/mol. The zero-order chi connectivity index (χ0) is 12.3. The molecule has 1 saturated heterocycles. The Hall–Kier alpha value is -1.26. The molecule has 0 aromatic heterocycles. The topological polar surface area (TPSA) is 61.4 Å². The van der Waals surface area contributed by atoms with Gasteiger partial charge in [-0.25, -0.2) is 4.79 Å². The van der Waals surface area contributed by atoms with Crippen molar-refractivity contribution in [2.24, 2.45) is 0 Å². The molecule has 5 heteroatoms. The number of amides is 3. The number of carbonyl (C=O) groups excluding carboxylic acids is 2. The Morgan fingerprint density at radius 1 is 1.12 bits per heavy atom. The predicted octanol–water partition coefficient (Wildman–Crippen LogP) is 0.849. The van der Waals surface area contributed by atoms with E-state index in [-0.39, 0.29) is 18.0 Å². The Bertz CT molecular complexity index is 300. The standard InChI is InChI=1S/C12H21N3O2/c1-13-11(16)10-7-4-8-15(10)12(17)14-9-5-2-3-6-9/h9-10H,2-8H2,1H3,(H,13,16)(H,14,17). The van der Waals surface area contributed by atoms with E-state index in [4.69, 9.17) is 0 Å². The quantitative estimate of drug-likeness (QED) is 0.750. The van der Waals surface area contributed by atoms with Crippen molar-refractivity contribution < 1.29 is 9.59 Å². The second-order valence-electron chi connectivity index (χ2n) is 4.90. The maximum atomic E-state index is 12.1. The second-order valence-corrected chi connectivity index (χ2v) is 4.90. The average Bonchev–Trinajstić information content (AvgIpc) is 2.97. The molecule has 0 radical (unpaired) electrons. The van der Waals surface area contributed by atoms with E-state index in [0.29, 0.717) is 12.6 Å². The summed E-state index contributed by atoms with van der Waals surface area (Å²) in [6.07, 6.45) is 6.23. The Kier molecular flexibility index (Phi) is 3.86. The van der Waals surface area contributed by atoms with Crippen molar-refractivity contribution in [2.45, 2.75) is 50.6 Å². The number of hydrogen-bond donors (Lipinski definition) is 2. The van der Waals surface area contributed by atoms with Gasteiger partial charge in [0.2, 0.25) is 5.91 Å². The summed E-state index contributed by atoms with van der Waals surface area (Å²) in [6, 6.07) is -0.0298.